The minimum absolute atomic E-state index is 0.203. The largest absolute Gasteiger partial charge is 0.342 e. The van der Waals surface area contributed by atoms with E-state index in [0.717, 1.165) is 19.1 Å². The van der Waals surface area contributed by atoms with E-state index >= 15 is 0 Å². The topological polar surface area (TPSA) is 54.4 Å². The second-order valence-corrected chi connectivity index (χ2v) is 5.29. The average Bonchev–Trinajstić information content (AvgIpc) is 2.27. The molecule has 0 aliphatic rings. The normalized spacial score (nSPS) is 13.6. The molecule has 0 saturated carbocycles. The van der Waals surface area contributed by atoms with Gasteiger partial charge >= 0.3 is 11.8 Å². The Bertz CT molecular complexity index is 583. The first-order valence-electron chi connectivity index (χ1n) is 4.83. The summed E-state index contributed by atoms with van der Waals surface area (Å²) in [6.07, 6.45) is 0. The SMILES string of the molecule is Cc1ccc(S(=O)(=O)O)cc1C(F)(F)C(F)(F)CF. The van der Waals surface area contributed by atoms with Crippen LogP contribution in [0.5, 0.6) is 0 Å². The number of aryl methyl sites for hydroxylation is 1. The van der Waals surface area contributed by atoms with E-state index in [0.29, 0.717) is 0 Å². The Morgan fingerprint density at radius 3 is 2.16 bits per heavy atom. The van der Waals surface area contributed by atoms with Gasteiger partial charge in [-0.3, -0.25) is 4.55 Å². The van der Waals surface area contributed by atoms with Crippen LogP contribution in [0.2, 0.25) is 0 Å². The highest BCUT2D eigenvalue weighted by molar-refractivity contribution is 7.85. The second kappa shape index (κ2) is 4.71. The van der Waals surface area contributed by atoms with Crippen molar-refractivity contribution < 1.29 is 34.9 Å². The maximum Gasteiger partial charge on any atom is 0.342 e. The van der Waals surface area contributed by atoms with Crippen LogP contribution in [0.3, 0.4) is 0 Å². The molecule has 108 valence electrons. The maximum atomic E-state index is 13.5. The van der Waals surface area contributed by atoms with Gasteiger partial charge in [-0.1, -0.05) is 6.07 Å². The molecule has 1 aromatic rings. The summed E-state index contributed by atoms with van der Waals surface area (Å²) in [5.74, 6) is -9.87. The molecule has 9 heteroatoms. The first kappa shape index (κ1) is 15.8. The molecule has 1 rings (SSSR count). The van der Waals surface area contributed by atoms with Crippen LogP contribution >= 0.6 is 0 Å². The first-order valence-corrected chi connectivity index (χ1v) is 6.27. The summed E-state index contributed by atoms with van der Waals surface area (Å²) in [5.41, 5.74) is -1.71. The number of hydrogen-bond acceptors (Lipinski definition) is 2. The van der Waals surface area contributed by atoms with Gasteiger partial charge in [0.1, 0.15) is 0 Å². The minimum Gasteiger partial charge on any atom is -0.282 e. The molecule has 0 heterocycles. The number of alkyl halides is 5. The fourth-order valence-electron chi connectivity index (χ4n) is 1.38. The van der Waals surface area contributed by atoms with E-state index in [1.54, 1.807) is 0 Å². The molecule has 0 bridgehead atoms. The van der Waals surface area contributed by atoms with Crippen LogP contribution < -0.4 is 0 Å². The Morgan fingerprint density at radius 1 is 1.21 bits per heavy atom. The van der Waals surface area contributed by atoms with Crippen molar-refractivity contribution in [3.05, 3.63) is 29.3 Å². The molecule has 0 fully saturated rings. The molecule has 0 amide bonds. The van der Waals surface area contributed by atoms with Gasteiger partial charge in [0.2, 0.25) is 0 Å². The minimum atomic E-state index is -4.98. The van der Waals surface area contributed by atoms with Crippen LogP contribution in [0.4, 0.5) is 22.0 Å². The van der Waals surface area contributed by atoms with Crippen LogP contribution in [0.15, 0.2) is 23.1 Å². The van der Waals surface area contributed by atoms with Crippen LogP contribution in [0.1, 0.15) is 11.1 Å². The van der Waals surface area contributed by atoms with Crippen LogP contribution in [-0.4, -0.2) is 25.6 Å². The van der Waals surface area contributed by atoms with Gasteiger partial charge in [0.05, 0.1) is 4.90 Å². The zero-order valence-corrected chi connectivity index (χ0v) is 10.3. The summed E-state index contributed by atoms with van der Waals surface area (Å²) in [5, 5.41) is 0. The molecule has 19 heavy (non-hydrogen) atoms. The molecule has 0 saturated heterocycles. The Labute approximate surface area is 105 Å². The fourth-order valence-corrected chi connectivity index (χ4v) is 1.89. The van der Waals surface area contributed by atoms with Crippen molar-refractivity contribution in [3.8, 4) is 0 Å². The van der Waals surface area contributed by atoms with Crippen LogP contribution in [0.25, 0.3) is 0 Å². The monoisotopic (exact) mass is 304 g/mol. The zero-order chi connectivity index (χ0) is 15.1. The van der Waals surface area contributed by atoms with E-state index in [2.05, 4.69) is 0 Å². The molecular weight excluding hydrogens is 295 g/mol. The molecule has 0 aliphatic carbocycles. The molecule has 1 N–H and O–H groups in total. The third-order valence-electron chi connectivity index (χ3n) is 2.47. The summed E-state index contributed by atoms with van der Waals surface area (Å²) in [6.45, 7) is -1.57. The number of halogens is 5. The van der Waals surface area contributed by atoms with Gasteiger partial charge in [-0.15, -0.1) is 0 Å². The first-order chi connectivity index (χ1) is 8.43. The fraction of sp³-hybridized carbons (Fsp3) is 0.400. The van der Waals surface area contributed by atoms with E-state index in [9.17, 15) is 30.4 Å². The zero-order valence-electron chi connectivity index (χ0n) is 9.50. The maximum absolute atomic E-state index is 13.5. The molecule has 0 spiro atoms. The van der Waals surface area contributed by atoms with Gasteiger partial charge in [-0.05, 0) is 24.6 Å². The summed E-state index contributed by atoms with van der Waals surface area (Å²) in [7, 11) is -4.83. The summed E-state index contributed by atoms with van der Waals surface area (Å²) < 4.78 is 95.1. The van der Waals surface area contributed by atoms with Crippen molar-refractivity contribution in [2.45, 2.75) is 23.7 Å². The molecule has 0 radical (unpaired) electrons. The van der Waals surface area contributed by atoms with E-state index in [1.165, 1.54) is 0 Å². The van der Waals surface area contributed by atoms with Gasteiger partial charge in [0.25, 0.3) is 10.1 Å². The van der Waals surface area contributed by atoms with Crippen molar-refractivity contribution in [3.63, 3.8) is 0 Å². The van der Waals surface area contributed by atoms with Gasteiger partial charge in [0, 0.05) is 5.56 Å². The van der Waals surface area contributed by atoms with Crippen molar-refractivity contribution in [2.24, 2.45) is 0 Å². The Morgan fingerprint density at radius 2 is 1.74 bits per heavy atom. The molecule has 0 atom stereocenters. The molecule has 0 aromatic heterocycles. The Balaban J connectivity index is 3.51. The van der Waals surface area contributed by atoms with Crippen molar-refractivity contribution >= 4 is 10.1 Å². The van der Waals surface area contributed by atoms with Crippen LogP contribution in [-0.2, 0) is 16.0 Å². The van der Waals surface area contributed by atoms with Gasteiger partial charge in [-0.25, -0.2) is 4.39 Å². The Hall–Kier alpha value is -1.22. The van der Waals surface area contributed by atoms with Gasteiger partial charge in [-0.2, -0.15) is 26.0 Å². The third-order valence-corrected chi connectivity index (χ3v) is 3.32. The predicted octanol–water partition coefficient (Wildman–Crippen LogP) is 2.94. The summed E-state index contributed by atoms with van der Waals surface area (Å²) in [4.78, 5) is -0.970. The van der Waals surface area contributed by atoms with Crippen molar-refractivity contribution in [1.29, 1.82) is 0 Å². The molecule has 0 unspecified atom stereocenters. The number of hydrogen-bond donors (Lipinski definition) is 1. The van der Waals surface area contributed by atoms with Crippen molar-refractivity contribution in [2.75, 3.05) is 6.67 Å². The summed E-state index contributed by atoms with van der Waals surface area (Å²) >= 11 is 0. The quantitative estimate of drug-likeness (QED) is 0.687. The van der Waals surface area contributed by atoms with Gasteiger partial charge in [0.15, 0.2) is 6.67 Å². The standard InChI is InChI=1S/C10H9F5O3S/c1-6-2-3-7(19(16,17)18)4-8(6)10(14,15)9(12,13)5-11/h2-4H,5H2,1H3,(H,16,17,18). The van der Waals surface area contributed by atoms with Crippen molar-refractivity contribution in [1.82, 2.24) is 0 Å². The van der Waals surface area contributed by atoms with Gasteiger partial charge < -0.3 is 0 Å². The number of benzene rings is 1. The molecule has 0 aliphatic heterocycles. The van der Waals surface area contributed by atoms with E-state index in [1.807, 2.05) is 0 Å². The molecular formula is C10H9F5O3S. The Kier molecular flexibility index (Phi) is 3.93. The van der Waals surface area contributed by atoms with Crippen LogP contribution in [0, 0.1) is 6.92 Å². The van der Waals surface area contributed by atoms with E-state index in [-0.39, 0.29) is 11.6 Å². The predicted molar refractivity (Wildman–Crippen MR) is 55.8 cm³/mol. The smallest absolute Gasteiger partial charge is 0.282 e. The van der Waals surface area contributed by atoms with E-state index in [4.69, 9.17) is 4.55 Å². The lowest BCUT2D eigenvalue weighted by Gasteiger charge is -2.26. The third kappa shape index (κ3) is 2.86. The highest BCUT2D eigenvalue weighted by Crippen LogP contribution is 2.44. The lowest BCUT2D eigenvalue weighted by Crippen LogP contribution is -2.40. The second-order valence-electron chi connectivity index (χ2n) is 3.86. The average molecular weight is 304 g/mol. The molecule has 1 aromatic carbocycles. The highest BCUT2D eigenvalue weighted by Gasteiger charge is 2.58. The number of rotatable bonds is 4. The molecule has 3 nitrogen and oxygen atoms in total. The highest BCUT2D eigenvalue weighted by atomic mass is 32.2. The summed E-state index contributed by atoms with van der Waals surface area (Å²) in [6, 6.07) is 1.80. The lowest BCUT2D eigenvalue weighted by atomic mass is 9.98. The van der Waals surface area contributed by atoms with E-state index < -0.39 is 39.1 Å². The lowest BCUT2D eigenvalue weighted by molar-refractivity contribution is -0.223.